The van der Waals surface area contributed by atoms with Crippen LogP contribution in [-0.4, -0.2) is 69.0 Å². The van der Waals surface area contributed by atoms with Crippen LogP contribution in [0.3, 0.4) is 0 Å². The maximum absolute atomic E-state index is 13.5. The molecule has 0 radical (unpaired) electrons. The summed E-state index contributed by atoms with van der Waals surface area (Å²) in [4.78, 5) is 65.6. The van der Waals surface area contributed by atoms with Gasteiger partial charge in [-0.3, -0.25) is 19.2 Å². The molecule has 12 heteroatoms. The van der Waals surface area contributed by atoms with Crippen LogP contribution in [0, 0.1) is 11.8 Å². The van der Waals surface area contributed by atoms with Crippen molar-refractivity contribution in [2.24, 2.45) is 17.6 Å². The number of aromatic amines is 1. The number of amides is 3. The normalized spacial score (nSPS) is 15.1. The predicted octanol–water partition coefficient (Wildman–Crippen LogP) is 1.53. The number of aromatic nitrogens is 1. The lowest BCUT2D eigenvalue weighted by Crippen LogP contribution is -2.58. The highest BCUT2D eigenvalue weighted by Gasteiger charge is 2.32. The zero-order valence-corrected chi connectivity index (χ0v) is 23.4. The van der Waals surface area contributed by atoms with Gasteiger partial charge in [0.05, 0.1) is 6.04 Å². The average molecular weight is 560 g/mol. The van der Waals surface area contributed by atoms with Crippen LogP contribution < -0.4 is 21.7 Å². The molecule has 2 rings (SSSR count). The molecule has 2 aromatic rings. The molecule has 1 heterocycles. The summed E-state index contributed by atoms with van der Waals surface area (Å²) >= 11 is 0. The van der Waals surface area contributed by atoms with Gasteiger partial charge in [0.25, 0.3) is 0 Å². The first-order valence-electron chi connectivity index (χ1n) is 13.5. The summed E-state index contributed by atoms with van der Waals surface area (Å²) in [5, 5.41) is 27.2. The first kappa shape index (κ1) is 32.3. The van der Waals surface area contributed by atoms with Gasteiger partial charge in [-0.15, -0.1) is 0 Å². The van der Waals surface area contributed by atoms with Gasteiger partial charge >= 0.3 is 11.9 Å². The third-order valence-corrected chi connectivity index (χ3v) is 6.89. The maximum atomic E-state index is 13.5. The summed E-state index contributed by atoms with van der Waals surface area (Å²) in [6.07, 6.45) is 1.86. The number of carboxylic acids is 2. The number of carboxylic acid groups (broad SMARTS) is 2. The Morgan fingerprint density at radius 1 is 0.900 bits per heavy atom. The minimum atomic E-state index is -1.34. The summed E-state index contributed by atoms with van der Waals surface area (Å²) in [5.74, 6) is -4.71. The van der Waals surface area contributed by atoms with Crippen molar-refractivity contribution in [1.29, 1.82) is 0 Å². The Morgan fingerprint density at radius 3 is 2.10 bits per heavy atom. The standard InChI is InChI=1S/C28H41N5O7/c1-5-16(4)24(29)27(38)32-21(13-17-14-30-19-9-7-6-8-18(17)19)26(37)31-20(10-11-23(34)35)25(36)33-22(28(39)40)12-15(2)3/h6-9,14-16,20-22,24,30H,5,10-13,29H2,1-4H3,(H,31,37)(H,32,38)(H,33,36)(H,34,35)(H,39,40). The van der Waals surface area contributed by atoms with Crippen molar-refractivity contribution >= 4 is 40.6 Å². The molecule has 0 saturated carbocycles. The van der Waals surface area contributed by atoms with E-state index in [-0.39, 0.29) is 31.1 Å². The van der Waals surface area contributed by atoms with E-state index < -0.39 is 60.2 Å². The van der Waals surface area contributed by atoms with E-state index >= 15 is 0 Å². The second-order valence-corrected chi connectivity index (χ2v) is 10.6. The van der Waals surface area contributed by atoms with E-state index in [1.807, 2.05) is 38.1 Å². The summed E-state index contributed by atoms with van der Waals surface area (Å²) in [6, 6.07) is 2.86. The highest BCUT2D eigenvalue weighted by atomic mass is 16.4. The minimum absolute atomic E-state index is 0.0426. The molecule has 40 heavy (non-hydrogen) atoms. The molecule has 0 saturated heterocycles. The van der Waals surface area contributed by atoms with Gasteiger partial charge in [0, 0.05) is 29.9 Å². The number of fused-ring (bicyclic) bond motifs is 1. The lowest BCUT2D eigenvalue weighted by atomic mass is 9.98. The van der Waals surface area contributed by atoms with Crippen molar-refractivity contribution in [2.75, 3.05) is 0 Å². The first-order chi connectivity index (χ1) is 18.8. The number of hydrogen-bond acceptors (Lipinski definition) is 6. The highest BCUT2D eigenvalue weighted by Crippen LogP contribution is 2.19. The molecule has 1 aromatic carbocycles. The Bertz CT molecular complexity index is 1190. The van der Waals surface area contributed by atoms with Gasteiger partial charge in [-0.25, -0.2) is 4.79 Å². The smallest absolute Gasteiger partial charge is 0.326 e. The molecular weight excluding hydrogens is 518 g/mol. The van der Waals surface area contributed by atoms with Crippen molar-refractivity contribution in [1.82, 2.24) is 20.9 Å². The average Bonchev–Trinajstić information content (AvgIpc) is 3.31. The molecule has 0 aliphatic rings. The van der Waals surface area contributed by atoms with Crippen molar-refractivity contribution < 1.29 is 34.2 Å². The second-order valence-electron chi connectivity index (χ2n) is 10.6. The van der Waals surface area contributed by atoms with Crippen LogP contribution in [0.4, 0.5) is 0 Å². The Morgan fingerprint density at radius 2 is 1.50 bits per heavy atom. The number of para-hydroxylation sites is 1. The molecule has 3 amide bonds. The molecule has 1 aromatic heterocycles. The zero-order chi connectivity index (χ0) is 30.0. The van der Waals surface area contributed by atoms with Crippen LogP contribution in [0.25, 0.3) is 10.9 Å². The van der Waals surface area contributed by atoms with Gasteiger partial charge in [-0.1, -0.05) is 52.3 Å². The van der Waals surface area contributed by atoms with Gasteiger partial charge in [0.1, 0.15) is 18.1 Å². The van der Waals surface area contributed by atoms with E-state index in [2.05, 4.69) is 20.9 Å². The largest absolute Gasteiger partial charge is 0.481 e. The molecule has 0 aliphatic carbocycles. The summed E-state index contributed by atoms with van der Waals surface area (Å²) < 4.78 is 0. The number of H-pyrrole nitrogens is 1. The number of aliphatic carboxylic acids is 2. The summed E-state index contributed by atoms with van der Waals surface area (Å²) in [7, 11) is 0. The molecular formula is C28H41N5O7. The van der Waals surface area contributed by atoms with Crippen molar-refractivity contribution in [3.63, 3.8) is 0 Å². The lowest BCUT2D eigenvalue weighted by molar-refractivity contribution is -0.143. The van der Waals surface area contributed by atoms with E-state index in [9.17, 15) is 34.2 Å². The molecule has 12 nitrogen and oxygen atoms in total. The monoisotopic (exact) mass is 559 g/mol. The summed E-state index contributed by atoms with van der Waals surface area (Å²) in [6.45, 7) is 7.31. The SMILES string of the molecule is CCC(C)C(N)C(=O)NC(Cc1c[nH]c2ccccc12)C(=O)NC(CCC(=O)O)C(=O)NC(CC(C)C)C(=O)O. The van der Waals surface area contributed by atoms with Crippen LogP contribution >= 0.6 is 0 Å². The van der Waals surface area contributed by atoms with Crippen LogP contribution in [-0.2, 0) is 30.4 Å². The fourth-order valence-corrected chi connectivity index (χ4v) is 4.28. The molecule has 0 spiro atoms. The van der Waals surface area contributed by atoms with Gasteiger partial charge in [0.2, 0.25) is 17.7 Å². The number of nitrogens with two attached hydrogens (primary N) is 1. The third kappa shape index (κ3) is 9.37. The number of carbonyl (C=O) groups is 5. The molecule has 0 fully saturated rings. The number of carbonyl (C=O) groups excluding carboxylic acids is 3. The topological polar surface area (TPSA) is 204 Å². The maximum Gasteiger partial charge on any atom is 0.326 e. The van der Waals surface area contributed by atoms with Crippen molar-refractivity contribution in [2.45, 2.75) is 84.0 Å². The minimum Gasteiger partial charge on any atom is -0.481 e. The van der Waals surface area contributed by atoms with Gasteiger partial charge in [-0.2, -0.15) is 0 Å². The second kappa shape index (κ2) is 15.0. The molecule has 5 atom stereocenters. The molecule has 0 aliphatic heterocycles. The first-order valence-corrected chi connectivity index (χ1v) is 13.5. The van der Waals surface area contributed by atoms with Crippen LogP contribution in [0.5, 0.6) is 0 Å². The Labute approximate surface area is 233 Å². The Kier molecular flexibility index (Phi) is 12.1. The van der Waals surface area contributed by atoms with Crippen molar-refractivity contribution in [3.8, 4) is 0 Å². The number of benzene rings is 1. The number of nitrogens with one attached hydrogen (secondary N) is 4. The van der Waals surface area contributed by atoms with E-state index in [0.29, 0.717) is 6.42 Å². The predicted molar refractivity (Wildman–Crippen MR) is 149 cm³/mol. The van der Waals surface area contributed by atoms with E-state index in [4.69, 9.17) is 5.73 Å². The van der Waals surface area contributed by atoms with E-state index in [1.165, 1.54) is 0 Å². The number of rotatable bonds is 16. The molecule has 5 unspecified atom stereocenters. The summed E-state index contributed by atoms with van der Waals surface area (Å²) in [5.41, 5.74) is 7.68. The molecule has 8 N–H and O–H groups in total. The number of hydrogen-bond donors (Lipinski definition) is 7. The zero-order valence-electron chi connectivity index (χ0n) is 23.4. The fourth-order valence-electron chi connectivity index (χ4n) is 4.28. The van der Waals surface area contributed by atoms with E-state index in [1.54, 1.807) is 20.0 Å². The van der Waals surface area contributed by atoms with Gasteiger partial charge in [0.15, 0.2) is 0 Å². The quantitative estimate of drug-likeness (QED) is 0.160. The van der Waals surface area contributed by atoms with Crippen LogP contribution in [0.2, 0.25) is 0 Å². The Hall–Kier alpha value is -3.93. The van der Waals surface area contributed by atoms with Crippen LogP contribution in [0.15, 0.2) is 30.5 Å². The molecule has 220 valence electrons. The molecule has 0 bridgehead atoms. The fraction of sp³-hybridized carbons (Fsp3) is 0.536. The van der Waals surface area contributed by atoms with E-state index in [0.717, 1.165) is 16.5 Å². The lowest BCUT2D eigenvalue weighted by Gasteiger charge is -2.26. The van der Waals surface area contributed by atoms with Crippen molar-refractivity contribution in [3.05, 3.63) is 36.0 Å². The third-order valence-electron chi connectivity index (χ3n) is 6.89. The van der Waals surface area contributed by atoms with Gasteiger partial charge < -0.3 is 36.9 Å². The Balaban J connectivity index is 2.33. The van der Waals surface area contributed by atoms with Crippen LogP contribution in [0.1, 0.15) is 58.9 Å². The van der Waals surface area contributed by atoms with Gasteiger partial charge in [-0.05, 0) is 36.3 Å². The highest BCUT2D eigenvalue weighted by molar-refractivity contribution is 5.95.